The minimum Gasteiger partial charge on any atom is -0.494 e. The molecule has 212 valence electrons. The third-order valence-electron chi connectivity index (χ3n) is 7.67. The summed E-state index contributed by atoms with van der Waals surface area (Å²) in [5, 5.41) is 14.6. The lowest BCUT2D eigenvalue weighted by Gasteiger charge is -2.24. The van der Waals surface area contributed by atoms with Crippen molar-refractivity contribution in [2.75, 3.05) is 57.3 Å². The minimum absolute atomic E-state index is 0.401. The van der Waals surface area contributed by atoms with Crippen LogP contribution in [-0.2, 0) is 19.4 Å². The number of nitrogens with two attached hydrogens (primary N) is 1. The van der Waals surface area contributed by atoms with E-state index in [4.69, 9.17) is 15.5 Å². The first kappa shape index (κ1) is 27.7. The van der Waals surface area contributed by atoms with E-state index >= 15 is 0 Å². The number of nitrogens with one attached hydrogen (secondary N) is 1. The molecule has 9 heteroatoms. The highest BCUT2D eigenvalue weighted by atomic mass is 16.5. The molecule has 0 saturated carbocycles. The third-order valence-corrected chi connectivity index (χ3v) is 7.67. The van der Waals surface area contributed by atoms with Crippen LogP contribution in [-0.4, -0.2) is 72.0 Å². The Morgan fingerprint density at radius 3 is 2.77 bits per heavy atom. The highest BCUT2D eigenvalue weighted by molar-refractivity contribution is 5.98. The van der Waals surface area contributed by atoms with Crippen molar-refractivity contribution in [3.63, 3.8) is 0 Å². The lowest BCUT2D eigenvalue weighted by molar-refractivity contribution is 0.185. The second-order valence-corrected chi connectivity index (χ2v) is 11.1. The number of nitrogens with zero attached hydrogens (tertiary/aromatic N) is 5. The van der Waals surface area contributed by atoms with Gasteiger partial charge in [0.15, 0.2) is 0 Å². The first-order valence-electron chi connectivity index (χ1n) is 14.0. The molecule has 0 aliphatic carbocycles. The van der Waals surface area contributed by atoms with Crippen LogP contribution in [0, 0.1) is 0 Å². The Hall–Kier alpha value is -3.82. The smallest absolute Gasteiger partial charge is 0.227 e. The van der Waals surface area contributed by atoms with Crippen LogP contribution in [0.15, 0.2) is 42.7 Å². The van der Waals surface area contributed by atoms with E-state index in [1.165, 1.54) is 16.5 Å². The van der Waals surface area contributed by atoms with E-state index in [0.717, 1.165) is 55.0 Å². The molecule has 1 unspecified atom stereocenters. The highest BCUT2D eigenvalue weighted by Crippen LogP contribution is 2.38. The third kappa shape index (κ3) is 5.71. The number of benzene rings is 2. The van der Waals surface area contributed by atoms with Gasteiger partial charge in [-0.1, -0.05) is 18.2 Å². The van der Waals surface area contributed by atoms with E-state index in [1.54, 1.807) is 7.11 Å². The average Bonchev–Trinajstić information content (AvgIpc) is 3.31. The summed E-state index contributed by atoms with van der Waals surface area (Å²) in [6.07, 6.45) is 7.24. The molecule has 0 radical (unpaired) electrons. The first-order valence-corrected chi connectivity index (χ1v) is 14.0. The number of ether oxygens (including phenoxy) is 1. The van der Waals surface area contributed by atoms with Gasteiger partial charge >= 0.3 is 0 Å². The van der Waals surface area contributed by atoms with Crippen molar-refractivity contribution < 1.29 is 9.84 Å². The van der Waals surface area contributed by atoms with Crippen molar-refractivity contribution in [2.24, 2.45) is 0 Å². The van der Waals surface area contributed by atoms with Crippen molar-refractivity contribution in [1.82, 2.24) is 19.4 Å². The van der Waals surface area contributed by atoms with Gasteiger partial charge in [-0.2, -0.15) is 0 Å². The summed E-state index contributed by atoms with van der Waals surface area (Å²) in [6, 6.07) is 10.4. The van der Waals surface area contributed by atoms with Gasteiger partial charge in [-0.3, -0.25) is 0 Å². The normalized spacial score (nSPS) is 13.6. The molecule has 0 spiro atoms. The Bertz CT molecular complexity index is 1500. The standard InChI is InChI=1S/C31H41N7O2/c1-20(39)11-12-22-18-33-31(34-26-16-25(32)27(17-28(26)40-5)37(4)15-14-36(2)3)35-29(22)24-19-38-13-7-9-21-8-6-10-23(24)30(21)38/h6,8,10,16-20,39H,7,9,11-15,32H2,1-5H3,(H,33,34,35). The monoisotopic (exact) mass is 543 g/mol. The van der Waals surface area contributed by atoms with Crippen molar-refractivity contribution in [1.29, 1.82) is 0 Å². The number of likely N-dealkylation sites (N-methyl/N-ethyl adjacent to an activating group) is 2. The fraction of sp³-hybridized carbons (Fsp3) is 0.419. The molecule has 5 rings (SSSR count). The number of methoxy groups -OCH3 is 1. The molecule has 4 aromatic rings. The summed E-state index contributed by atoms with van der Waals surface area (Å²) in [4.78, 5) is 14.0. The number of nitrogen functional groups attached to an aromatic ring is 1. The Labute approximate surface area is 236 Å². The molecule has 1 aliphatic rings. The number of aliphatic hydroxyl groups is 1. The topological polar surface area (TPSA) is 105 Å². The van der Waals surface area contributed by atoms with E-state index < -0.39 is 6.10 Å². The van der Waals surface area contributed by atoms with Gasteiger partial charge in [0.05, 0.1) is 41.5 Å². The van der Waals surface area contributed by atoms with Crippen LogP contribution in [0.2, 0.25) is 0 Å². The molecule has 3 heterocycles. The van der Waals surface area contributed by atoms with Crippen molar-refractivity contribution >= 4 is 33.9 Å². The van der Waals surface area contributed by atoms with E-state index in [1.807, 2.05) is 32.3 Å². The van der Waals surface area contributed by atoms with Crippen LogP contribution >= 0.6 is 0 Å². The predicted octanol–water partition coefficient (Wildman–Crippen LogP) is 4.69. The summed E-state index contributed by atoms with van der Waals surface area (Å²) < 4.78 is 8.10. The van der Waals surface area contributed by atoms with Crippen molar-refractivity contribution in [2.45, 2.75) is 45.3 Å². The Balaban J connectivity index is 1.53. The molecule has 4 N–H and O–H groups in total. The number of para-hydroxylation sites is 1. The van der Waals surface area contributed by atoms with Crippen LogP contribution in [0.3, 0.4) is 0 Å². The van der Waals surface area contributed by atoms with E-state index in [-0.39, 0.29) is 0 Å². The van der Waals surface area contributed by atoms with Gasteiger partial charge in [-0.25, -0.2) is 9.97 Å². The summed E-state index contributed by atoms with van der Waals surface area (Å²) in [5.74, 6) is 1.13. The molecule has 9 nitrogen and oxygen atoms in total. The predicted molar refractivity (Wildman–Crippen MR) is 164 cm³/mol. The van der Waals surface area contributed by atoms with E-state index in [0.29, 0.717) is 35.9 Å². The van der Waals surface area contributed by atoms with Crippen LogP contribution in [0.5, 0.6) is 5.75 Å². The zero-order chi connectivity index (χ0) is 28.4. The second kappa shape index (κ2) is 11.7. The van der Waals surface area contributed by atoms with Crippen molar-refractivity contribution in [3.05, 3.63) is 53.9 Å². The van der Waals surface area contributed by atoms with Crippen LogP contribution in [0.25, 0.3) is 22.2 Å². The fourth-order valence-electron chi connectivity index (χ4n) is 5.47. The molecule has 0 saturated heterocycles. The lowest BCUT2D eigenvalue weighted by Crippen LogP contribution is -2.29. The maximum absolute atomic E-state index is 10.0. The molecule has 2 aromatic heterocycles. The van der Waals surface area contributed by atoms with Crippen molar-refractivity contribution in [3.8, 4) is 17.0 Å². The molecule has 0 fully saturated rings. The van der Waals surface area contributed by atoms with Crippen LogP contribution in [0.4, 0.5) is 23.0 Å². The number of aliphatic hydroxyl groups excluding tert-OH is 1. The molecular weight excluding hydrogens is 502 g/mol. The average molecular weight is 544 g/mol. The molecule has 1 aliphatic heterocycles. The number of aryl methyl sites for hydroxylation is 3. The van der Waals surface area contributed by atoms with Crippen LogP contribution < -0.4 is 20.7 Å². The van der Waals surface area contributed by atoms with E-state index in [2.05, 4.69) is 63.2 Å². The molecule has 1 atom stereocenters. The number of rotatable bonds is 11. The lowest BCUT2D eigenvalue weighted by atomic mass is 9.99. The van der Waals surface area contributed by atoms with Crippen LogP contribution in [0.1, 0.15) is 30.9 Å². The largest absolute Gasteiger partial charge is 0.494 e. The summed E-state index contributed by atoms with van der Waals surface area (Å²) in [6.45, 7) is 4.56. The zero-order valence-corrected chi connectivity index (χ0v) is 24.2. The van der Waals surface area contributed by atoms with Gasteiger partial charge in [0, 0.05) is 56.1 Å². The van der Waals surface area contributed by atoms with Gasteiger partial charge in [0.1, 0.15) is 5.75 Å². The Kier molecular flexibility index (Phi) is 8.14. The molecule has 0 amide bonds. The highest BCUT2D eigenvalue weighted by Gasteiger charge is 2.21. The molecule has 2 aromatic carbocycles. The SMILES string of the molecule is COc1cc(N(C)CCN(C)C)c(N)cc1Nc1ncc(CCC(C)O)c(-c2cn3c4c(cccc24)CCC3)n1. The molecule has 0 bridgehead atoms. The number of hydrogen-bond acceptors (Lipinski definition) is 8. The zero-order valence-electron chi connectivity index (χ0n) is 24.2. The maximum Gasteiger partial charge on any atom is 0.227 e. The maximum atomic E-state index is 10.0. The van der Waals surface area contributed by atoms with Gasteiger partial charge < -0.3 is 35.3 Å². The number of anilines is 4. The molecule has 40 heavy (non-hydrogen) atoms. The fourth-order valence-corrected chi connectivity index (χ4v) is 5.47. The summed E-state index contributed by atoms with van der Waals surface area (Å²) in [7, 11) is 7.79. The Morgan fingerprint density at radius 2 is 2.02 bits per heavy atom. The summed E-state index contributed by atoms with van der Waals surface area (Å²) in [5.41, 5.74) is 14.4. The van der Waals surface area contributed by atoms with Gasteiger partial charge in [-0.15, -0.1) is 0 Å². The number of aromatic nitrogens is 3. The van der Waals surface area contributed by atoms with Gasteiger partial charge in [-0.05, 0) is 63.9 Å². The molecular formula is C31H41N7O2. The van der Waals surface area contributed by atoms with E-state index in [9.17, 15) is 5.11 Å². The minimum atomic E-state index is -0.401. The Morgan fingerprint density at radius 1 is 1.20 bits per heavy atom. The van der Waals surface area contributed by atoms with Gasteiger partial charge in [0.25, 0.3) is 0 Å². The van der Waals surface area contributed by atoms with Gasteiger partial charge in [0.2, 0.25) is 5.95 Å². The first-order chi connectivity index (χ1) is 19.2. The quantitative estimate of drug-likeness (QED) is 0.234. The number of hydrogen-bond donors (Lipinski definition) is 3. The second-order valence-electron chi connectivity index (χ2n) is 11.1. The summed E-state index contributed by atoms with van der Waals surface area (Å²) >= 11 is 0.